The molecule has 1 aliphatic rings. The molecule has 0 aromatic heterocycles. The zero-order chi connectivity index (χ0) is 14.5. The van der Waals surface area contributed by atoms with Crippen LogP contribution in [0.4, 0.5) is 0 Å². The predicted octanol–water partition coefficient (Wildman–Crippen LogP) is 6.38. The van der Waals surface area contributed by atoms with Crippen LogP contribution in [0.2, 0.25) is 0 Å². The maximum absolute atomic E-state index is 8.92. The third kappa shape index (κ3) is 9.01. The van der Waals surface area contributed by atoms with Crippen LogP contribution in [0.5, 0.6) is 5.75 Å². The number of phenols is 1. The lowest BCUT2D eigenvalue weighted by molar-refractivity contribution is 0.471. The maximum Gasteiger partial charge on any atom is 0.118 e. The lowest BCUT2D eigenvalue weighted by atomic mass is 10.0. The van der Waals surface area contributed by atoms with Gasteiger partial charge in [0.1, 0.15) is 5.75 Å². The van der Waals surface area contributed by atoms with Gasteiger partial charge in [-0.05, 0) is 18.6 Å². The minimum atomic E-state index is 0.368. The highest BCUT2D eigenvalue weighted by atomic mass is 16.3. The van der Waals surface area contributed by atoms with Crippen LogP contribution in [0.25, 0.3) is 0 Å². The largest absolute Gasteiger partial charge is 0.508 e. The van der Waals surface area contributed by atoms with Crippen molar-refractivity contribution in [2.75, 3.05) is 0 Å². The predicted molar refractivity (Wildman–Crippen MR) is 88.2 cm³/mol. The fourth-order valence-corrected chi connectivity index (χ4v) is 2.68. The number of aromatic hydroxyl groups is 1. The Balaban J connectivity index is 0.000000217. The molecule has 1 saturated carbocycles. The summed E-state index contributed by atoms with van der Waals surface area (Å²) >= 11 is 0. The molecular weight excluding hydrogens is 244 g/mol. The summed E-state index contributed by atoms with van der Waals surface area (Å²) in [5.41, 5.74) is 0.924. The van der Waals surface area contributed by atoms with Crippen molar-refractivity contribution in [1.29, 1.82) is 0 Å². The van der Waals surface area contributed by atoms with Crippen LogP contribution < -0.4 is 0 Å². The molecule has 2 rings (SSSR count). The Morgan fingerprint density at radius 1 is 0.600 bits per heavy atom. The number of para-hydroxylation sites is 1. The van der Waals surface area contributed by atoms with Crippen molar-refractivity contribution in [3.63, 3.8) is 0 Å². The fraction of sp³-hybridized carbons (Fsp3) is 0.684. The molecule has 0 radical (unpaired) electrons. The van der Waals surface area contributed by atoms with E-state index in [1.54, 1.807) is 6.07 Å². The Bertz CT molecular complexity index is 268. The van der Waals surface area contributed by atoms with E-state index in [0.717, 1.165) is 5.56 Å². The molecule has 1 fully saturated rings. The number of phenolic OH excluding ortho intramolecular Hbond substituents is 1. The van der Waals surface area contributed by atoms with Gasteiger partial charge in [-0.3, -0.25) is 0 Å². The summed E-state index contributed by atoms with van der Waals surface area (Å²) in [6.45, 7) is 1.87. The lowest BCUT2D eigenvalue weighted by Crippen LogP contribution is -1.85. The summed E-state index contributed by atoms with van der Waals surface area (Å²) < 4.78 is 0. The van der Waals surface area contributed by atoms with Gasteiger partial charge < -0.3 is 5.11 Å². The topological polar surface area (TPSA) is 20.2 Å². The average molecular weight is 276 g/mol. The highest BCUT2D eigenvalue weighted by Gasteiger charge is 1.96. The first-order valence-electron chi connectivity index (χ1n) is 8.55. The van der Waals surface area contributed by atoms with Crippen molar-refractivity contribution < 1.29 is 5.11 Å². The van der Waals surface area contributed by atoms with Crippen molar-refractivity contribution in [2.45, 2.75) is 84.0 Å². The summed E-state index contributed by atoms with van der Waals surface area (Å²) in [6, 6.07) is 7.25. The van der Waals surface area contributed by atoms with Gasteiger partial charge in [0, 0.05) is 0 Å². The van der Waals surface area contributed by atoms with E-state index in [2.05, 4.69) is 0 Å². The Kier molecular flexibility index (Phi) is 10.1. The molecule has 1 nitrogen and oxygen atoms in total. The lowest BCUT2D eigenvalue weighted by Gasteiger charge is -2.05. The van der Waals surface area contributed by atoms with Gasteiger partial charge in [-0.15, -0.1) is 0 Å². The van der Waals surface area contributed by atoms with Crippen LogP contribution in [0.1, 0.15) is 82.6 Å². The van der Waals surface area contributed by atoms with Gasteiger partial charge in [-0.2, -0.15) is 0 Å². The smallest absolute Gasteiger partial charge is 0.118 e. The van der Waals surface area contributed by atoms with Crippen molar-refractivity contribution in [2.24, 2.45) is 0 Å². The molecule has 0 atom stereocenters. The SMILES string of the molecule is C1CCCCCCCCCCC1.Cc1ccccc1O. The summed E-state index contributed by atoms with van der Waals surface area (Å²) in [4.78, 5) is 0. The number of benzene rings is 1. The Morgan fingerprint density at radius 2 is 0.900 bits per heavy atom. The molecule has 0 aliphatic heterocycles. The van der Waals surface area contributed by atoms with E-state index in [-0.39, 0.29) is 0 Å². The molecule has 0 unspecified atom stereocenters. The minimum absolute atomic E-state index is 0.368. The normalized spacial score (nSPS) is 18.1. The Morgan fingerprint density at radius 3 is 1.10 bits per heavy atom. The van der Waals surface area contributed by atoms with Gasteiger partial charge >= 0.3 is 0 Å². The molecule has 0 saturated heterocycles. The first kappa shape index (κ1) is 17.1. The first-order chi connectivity index (χ1) is 9.80. The van der Waals surface area contributed by atoms with Crippen molar-refractivity contribution in [3.05, 3.63) is 29.8 Å². The molecule has 1 aromatic carbocycles. The summed E-state index contributed by atoms with van der Waals surface area (Å²) in [6.07, 6.45) is 18.0. The molecule has 1 aromatic rings. The average Bonchev–Trinajstić information content (AvgIpc) is 2.44. The van der Waals surface area contributed by atoms with Crippen LogP contribution in [-0.4, -0.2) is 5.11 Å². The molecule has 20 heavy (non-hydrogen) atoms. The van der Waals surface area contributed by atoms with Crippen LogP contribution in [0, 0.1) is 6.92 Å². The second kappa shape index (κ2) is 11.8. The molecular formula is C19H32O. The van der Waals surface area contributed by atoms with Gasteiger partial charge in [0.25, 0.3) is 0 Å². The van der Waals surface area contributed by atoms with E-state index in [4.69, 9.17) is 5.11 Å². The number of aryl methyl sites for hydroxylation is 1. The molecule has 1 N–H and O–H groups in total. The van der Waals surface area contributed by atoms with Crippen LogP contribution >= 0.6 is 0 Å². The van der Waals surface area contributed by atoms with Gasteiger partial charge in [-0.25, -0.2) is 0 Å². The molecule has 0 heterocycles. The van der Waals surface area contributed by atoms with Gasteiger partial charge in [0.15, 0.2) is 0 Å². The number of rotatable bonds is 0. The molecule has 1 heteroatoms. The Labute approximate surface area is 125 Å². The van der Waals surface area contributed by atoms with E-state index >= 15 is 0 Å². The third-order valence-corrected chi connectivity index (χ3v) is 4.12. The van der Waals surface area contributed by atoms with Gasteiger partial charge in [0.05, 0.1) is 0 Å². The second-order valence-corrected chi connectivity index (χ2v) is 6.03. The van der Waals surface area contributed by atoms with E-state index in [0.29, 0.717) is 5.75 Å². The second-order valence-electron chi connectivity index (χ2n) is 6.03. The quantitative estimate of drug-likeness (QED) is 0.582. The highest BCUT2D eigenvalue weighted by molar-refractivity contribution is 5.29. The summed E-state index contributed by atoms with van der Waals surface area (Å²) in [7, 11) is 0. The van der Waals surface area contributed by atoms with Crippen molar-refractivity contribution in [3.8, 4) is 5.75 Å². The Hall–Kier alpha value is -0.980. The zero-order valence-electron chi connectivity index (χ0n) is 13.2. The van der Waals surface area contributed by atoms with Gasteiger partial charge in [-0.1, -0.05) is 95.2 Å². The minimum Gasteiger partial charge on any atom is -0.508 e. The molecule has 0 amide bonds. The number of hydrogen-bond acceptors (Lipinski definition) is 1. The summed E-state index contributed by atoms with van der Waals surface area (Å²) in [5, 5.41) is 8.92. The molecule has 114 valence electrons. The summed E-state index contributed by atoms with van der Waals surface area (Å²) in [5.74, 6) is 0.368. The van der Waals surface area contributed by atoms with Crippen LogP contribution in [0.3, 0.4) is 0 Å². The highest BCUT2D eigenvalue weighted by Crippen LogP contribution is 2.16. The third-order valence-electron chi connectivity index (χ3n) is 4.12. The van der Waals surface area contributed by atoms with E-state index in [1.165, 1.54) is 77.0 Å². The van der Waals surface area contributed by atoms with Gasteiger partial charge in [0.2, 0.25) is 0 Å². The van der Waals surface area contributed by atoms with Crippen molar-refractivity contribution >= 4 is 0 Å². The van der Waals surface area contributed by atoms with Crippen LogP contribution in [-0.2, 0) is 0 Å². The van der Waals surface area contributed by atoms with E-state index in [9.17, 15) is 0 Å². The van der Waals surface area contributed by atoms with E-state index < -0.39 is 0 Å². The number of hydrogen-bond donors (Lipinski definition) is 1. The fourth-order valence-electron chi connectivity index (χ4n) is 2.68. The monoisotopic (exact) mass is 276 g/mol. The standard InChI is InChI=1S/C12H24.C7H8O/c1-2-4-6-8-10-12-11-9-7-5-3-1;1-6-4-2-3-5-7(6)8/h1-12H2;2-5,8H,1H3. The van der Waals surface area contributed by atoms with E-state index in [1.807, 2.05) is 25.1 Å². The molecule has 0 spiro atoms. The molecule has 0 bridgehead atoms. The maximum atomic E-state index is 8.92. The zero-order valence-corrected chi connectivity index (χ0v) is 13.2. The first-order valence-corrected chi connectivity index (χ1v) is 8.55. The van der Waals surface area contributed by atoms with Crippen molar-refractivity contribution in [1.82, 2.24) is 0 Å². The molecule has 1 aliphatic carbocycles. The van der Waals surface area contributed by atoms with Crippen LogP contribution in [0.15, 0.2) is 24.3 Å².